The number of H-pyrrole nitrogens is 1. The Kier molecular flexibility index (Phi) is 7.58. The van der Waals surface area contributed by atoms with E-state index in [1.165, 1.54) is 18.3 Å². The fourth-order valence-corrected chi connectivity index (χ4v) is 4.43. The highest BCUT2D eigenvalue weighted by Gasteiger charge is 2.34. The van der Waals surface area contributed by atoms with Gasteiger partial charge in [0.1, 0.15) is 11.3 Å². The Morgan fingerprint density at radius 3 is 2.54 bits per heavy atom. The fourth-order valence-electron chi connectivity index (χ4n) is 4.43. The number of anilines is 1. The number of hydrogen-bond acceptors (Lipinski definition) is 6. The van der Waals surface area contributed by atoms with Gasteiger partial charge in [-0.3, -0.25) is 19.8 Å². The minimum atomic E-state index is -4.58. The second-order valence-electron chi connectivity index (χ2n) is 9.24. The number of alkyl halides is 3. The minimum Gasteiger partial charge on any atom is -0.307 e. The van der Waals surface area contributed by atoms with Gasteiger partial charge in [-0.2, -0.15) is 18.3 Å². The van der Waals surface area contributed by atoms with Crippen molar-refractivity contribution in [2.45, 2.75) is 19.6 Å². The van der Waals surface area contributed by atoms with Crippen molar-refractivity contribution in [1.82, 2.24) is 30.0 Å². The van der Waals surface area contributed by atoms with E-state index in [-0.39, 0.29) is 23.5 Å². The van der Waals surface area contributed by atoms with Crippen molar-refractivity contribution in [3.63, 3.8) is 0 Å². The van der Waals surface area contributed by atoms with Gasteiger partial charge in [0.2, 0.25) is 0 Å². The number of rotatable bonds is 5. The highest BCUT2D eigenvalue weighted by atomic mass is 19.4. The Hall–Kier alpha value is -4.27. The number of piperazine rings is 1. The number of halogens is 3. The molecule has 1 amide bonds. The number of benzene rings is 1. The highest BCUT2D eigenvalue weighted by Crippen LogP contribution is 2.33. The molecule has 1 aromatic carbocycles. The number of aromatic nitrogens is 4. The molecule has 5 rings (SSSR count). The van der Waals surface area contributed by atoms with Gasteiger partial charge in [-0.25, -0.2) is 4.98 Å². The van der Waals surface area contributed by atoms with Crippen LogP contribution in [0.25, 0.3) is 11.0 Å². The SMILES string of the molecule is CCN1CCN(Cc2ccc(C(=O)Nc3cc(C#Cc4cnc5cn[nH]c5c4)ccn3)cc2C(F)(F)F)CC1. The smallest absolute Gasteiger partial charge is 0.307 e. The van der Waals surface area contributed by atoms with Crippen molar-refractivity contribution in [1.29, 1.82) is 0 Å². The quantitative estimate of drug-likeness (QED) is 0.375. The number of pyridine rings is 2. The first-order chi connectivity index (χ1) is 18.8. The van der Waals surface area contributed by atoms with E-state index in [0.717, 1.165) is 36.7 Å². The Balaban J connectivity index is 1.30. The van der Waals surface area contributed by atoms with E-state index in [0.29, 0.717) is 24.2 Å². The first kappa shape index (κ1) is 26.3. The van der Waals surface area contributed by atoms with E-state index in [2.05, 4.69) is 49.1 Å². The Morgan fingerprint density at radius 1 is 1.00 bits per heavy atom. The Labute approximate surface area is 223 Å². The molecule has 0 spiro atoms. The fraction of sp³-hybridized carbons (Fsp3) is 0.286. The molecule has 11 heteroatoms. The third-order valence-corrected chi connectivity index (χ3v) is 6.63. The van der Waals surface area contributed by atoms with Crippen molar-refractivity contribution in [3.05, 3.63) is 82.8 Å². The molecule has 0 aliphatic carbocycles. The standard InChI is InChI=1S/C28H26F3N7O/c1-2-37-9-11-38(12-10-37)18-22-6-5-21(15-23(22)28(29,30)31)27(39)35-26-14-19(7-8-32-26)3-4-20-13-24-25(33-16-20)17-34-36-24/h5-8,13-17H,2,9-12,18H2,1H3,(H,34,36)(H,32,35,39). The van der Waals surface area contributed by atoms with E-state index in [4.69, 9.17) is 0 Å². The molecule has 0 atom stereocenters. The van der Waals surface area contributed by atoms with Crippen LogP contribution in [0.15, 0.2) is 55.0 Å². The van der Waals surface area contributed by atoms with E-state index in [9.17, 15) is 18.0 Å². The summed E-state index contributed by atoms with van der Waals surface area (Å²) in [5, 5.41) is 9.34. The van der Waals surface area contributed by atoms with Crippen molar-refractivity contribution >= 4 is 22.8 Å². The molecule has 1 aliphatic heterocycles. The number of carbonyl (C=O) groups is 1. The predicted octanol–water partition coefficient (Wildman–Crippen LogP) is 4.16. The summed E-state index contributed by atoms with van der Waals surface area (Å²) in [5.74, 6) is 5.47. The molecule has 0 radical (unpaired) electrons. The number of likely N-dealkylation sites (N-methyl/N-ethyl adjacent to an activating group) is 1. The second-order valence-corrected chi connectivity index (χ2v) is 9.24. The maximum Gasteiger partial charge on any atom is 0.416 e. The molecule has 0 unspecified atom stereocenters. The molecule has 0 bridgehead atoms. The normalized spacial score (nSPS) is 14.7. The van der Waals surface area contributed by atoms with Crippen molar-refractivity contribution in [2.24, 2.45) is 0 Å². The van der Waals surface area contributed by atoms with Crippen LogP contribution in [0.5, 0.6) is 0 Å². The number of fused-ring (bicyclic) bond motifs is 1. The van der Waals surface area contributed by atoms with Gasteiger partial charge < -0.3 is 10.2 Å². The van der Waals surface area contributed by atoms with E-state index in [1.807, 2.05) is 11.0 Å². The lowest BCUT2D eigenvalue weighted by atomic mass is 10.0. The van der Waals surface area contributed by atoms with Crippen LogP contribution in [0.3, 0.4) is 0 Å². The van der Waals surface area contributed by atoms with E-state index in [1.54, 1.807) is 24.5 Å². The molecule has 4 heterocycles. The second kappa shape index (κ2) is 11.2. The largest absolute Gasteiger partial charge is 0.416 e. The Bertz CT molecular complexity index is 1550. The van der Waals surface area contributed by atoms with Crippen molar-refractivity contribution < 1.29 is 18.0 Å². The molecule has 1 fully saturated rings. The summed E-state index contributed by atoms with van der Waals surface area (Å²) in [4.78, 5) is 25.5. The first-order valence-electron chi connectivity index (χ1n) is 12.5. The van der Waals surface area contributed by atoms with Gasteiger partial charge in [0, 0.05) is 61.8 Å². The number of nitrogens with one attached hydrogen (secondary N) is 2. The molecule has 200 valence electrons. The van der Waals surface area contributed by atoms with Crippen LogP contribution in [0.1, 0.15) is 39.5 Å². The third-order valence-electron chi connectivity index (χ3n) is 6.63. The van der Waals surface area contributed by atoms with Gasteiger partial charge in [-0.05, 0) is 42.4 Å². The summed E-state index contributed by atoms with van der Waals surface area (Å²) in [6.45, 7) is 6.23. The summed E-state index contributed by atoms with van der Waals surface area (Å²) in [6.07, 6.45) is 0.128. The lowest BCUT2D eigenvalue weighted by Crippen LogP contribution is -2.45. The number of aromatic amines is 1. The zero-order valence-electron chi connectivity index (χ0n) is 21.2. The molecule has 39 heavy (non-hydrogen) atoms. The summed E-state index contributed by atoms with van der Waals surface area (Å²) in [5.41, 5.74) is 1.98. The number of hydrogen-bond donors (Lipinski definition) is 2. The average molecular weight is 534 g/mol. The van der Waals surface area contributed by atoms with Crippen LogP contribution in [0, 0.1) is 11.8 Å². The number of carbonyl (C=O) groups excluding carboxylic acids is 1. The average Bonchev–Trinajstić information content (AvgIpc) is 3.40. The van der Waals surface area contributed by atoms with Gasteiger partial charge in [-0.1, -0.05) is 24.8 Å². The van der Waals surface area contributed by atoms with Crippen molar-refractivity contribution in [2.75, 3.05) is 38.0 Å². The van der Waals surface area contributed by atoms with Crippen LogP contribution in [0.2, 0.25) is 0 Å². The Morgan fingerprint density at radius 2 is 1.77 bits per heavy atom. The topological polar surface area (TPSA) is 90.0 Å². The third kappa shape index (κ3) is 6.42. The number of amides is 1. The lowest BCUT2D eigenvalue weighted by Gasteiger charge is -2.34. The molecule has 0 saturated carbocycles. The minimum absolute atomic E-state index is 0.0981. The maximum absolute atomic E-state index is 13.9. The first-order valence-corrected chi connectivity index (χ1v) is 12.5. The van der Waals surface area contributed by atoms with Crippen LogP contribution in [-0.2, 0) is 12.7 Å². The monoisotopic (exact) mass is 533 g/mol. The van der Waals surface area contributed by atoms with Crippen LogP contribution in [0.4, 0.5) is 19.0 Å². The van der Waals surface area contributed by atoms with Gasteiger partial charge in [-0.15, -0.1) is 0 Å². The van der Waals surface area contributed by atoms with Gasteiger partial charge in [0.15, 0.2) is 0 Å². The number of nitrogens with zero attached hydrogens (tertiary/aromatic N) is 5. The molecule has 1 aliphatic rings. The predicted molar refractivity (Wildman–Crippen MR) is 141 cm³/mol. The van der Waals surface area contributed by atoms with E-state index >= 15 is 0 Å². The van der Waals surface area contributed by atoms with Crippen molar-refractivity contribution in [3.8, 4) is 11.8 Å². The van der Waals surface area contributed by atoms with Gasteiger partial charge in [0.05, 0.1) is 17.3 Å². The molecular formula is C28H26F3N7O. The van der Waals surface area contributed by atoms with Gasteiger partial charge in [0.25, 0.3) is 5.91 Å². The van der Waals surface area contributed by atoms with Crippen LogP contribution >= 0.6 is 0 Å². The molecule has 3 aromatic heterocycles. The summed E-state index contributed by atoms with van der Waals surface area (Å²) in [7, 11) is 0. The highest BCUT2D eigenvalue weighted by molar-refractivity contribution is 6.04. The summed E-state index contributed by atoms with van der Waals surface area (Å²) < 4.78 is 41.8. The zero-order chi connectivity index (χ0) is 27.4. The summed E-state index contributed by atoms with van der Waals surface area (Å²) >= 11 is 0. The lowest BCUT2D eigenvalue weighted by molar-refractivity contribution is -0.138. The van der Waals surface area contributed by atoms with Crippen LogP contribution in [-0.4, -0.2) is 68.6 Å². The molecule has 4 aromatic rings. The molecule has 1 saturated heterocycles. The maximum atomic E-state index is 13.9. The summed E-state index contributed by atoms with van der Waals surface area (Å²) in [6, 6.07) is 8.77. The van der Waals surface area contributed by atoms with Gasteiger partial charge >= 0.3 is 6.18 Å². The molecular weight excluding hydrogens is 507 g/mol. The molecule has 2 N–H and O–H groups in total. The molecule has 8 nitrogen and oxygen atoms in total. The van der Waals surface area contributed by atoms with E-state index < -0.39 is 17.6 Å². The zero-order valence-corrected chi connectivity index (χ0v) is 21.2. The van der Waals surface area contributed by atoms with Crippen LogP contribution < -0.4 is 5.32 Å².